The smallest absolute Gasteiger partial charge is 0.496 e. The molecule has 0 aliphatic heterocycles. The first kappa shape index (κ1) is 42.1. The van der Waals surface area contributed by atoms with E-state index < -0.39 is 46.1 Å². The van der Waals surface area contributed by atoms with Gasteiger partial charge >= 0.3 is 18.7 Å². The van der Waals surface area contributed by atoms with Gasteiger partial charge in [-0.15, -0.1) is 36.5 Å². The molecule has 0 unspecified atom stereocenters. The van der Waals surface area contributed by atoms with Crippen LogP contribution in [-0.4, -0.2) is 71.1 Å². The van der Waals surface area contributed by atoms with Crippen LogP contribution in [0, 0.1) is 0 Å². The van der Waals surface area contributed by atoms with Gasteiger partial charge < -0.3 is 29.0 Å². The minimum absolute atomic E-state index is 0.0181. The molecule has 1 heterocycles. The number of nitrogens with one attached hydrogen (secondary N) is 2. The Morgan fingerprint density at radius 2 is 1.32 bits per heavy atom. The normalized spacial score (nSPS) is 11.5. The van der Waals surface area contributed by atoms with Crippen LogP contribution in [0.25, 0.3) is 0 Å². The summed E-state index contributed by atoms with van der Waals surface area (Å²) in [4.78, 5) is 23.7. The molecular formula is C32H32F6N4O9S2. The lowest BCUT2D eigenvalue weighted by Crippen LogP contribution is -2.26. The van der Waals surface area contributed by atoms with Crippen molar-refractivity contribution in [3.8, 4) is 23.0 Å². The van der Waals surface area contributed by atoms with Crippen molar-refractivity contribution in [3.63, 3.8) is 0 Å². The zero-order chi connectivity index (χ0) is 39.6. The molecule has 0 saturated carbocycles. The van der Waals surface area contributed by atoms with E-state index in [1.54, 1.807) is 12.1 Å². The number of anilines is 1. The standard InChI is InChI=1S/C22H23F3N4O5S2.C10H9F3O4/c1-13(2)20-27-28-21(35-20)29-36(31,32)16-7-4-14(5-8-16)10-11-26-19(30)17-9-6-15(12-18(17)33-3)34-22(23,24)25;1-15-8-5-6(17-10(11,12)13)3-4-7(8)9(14)16-2/h4-9,12-13H,10-11H2,1-3H3,(H,26,30)(H,28,29);3-5H,1-2H3. The average Bonchev–Trinajstić information content (AvgIpc) is 3.55. The Labute approximate surface area is 303 Å². The van der Waals surface area contributed by atoms with Crippen molar-refractivity contribution < 1.29 is 68.0 Å². The average molecular weight is 795 g/mol. The fourth-order valence-corrected chi connectivity index (χ4v) is 6.11. The van der Waals surface area contributed by atoms with Gasteiger partial charge in [-0.3, -0.25) is 9.52 Å². The molecule has 0 bridgehead atoms. The number of sulfonamides is 1. The lowest BCUT2D eigenvalue weighted by Gasteiger charge is -2.13. The molecule has 4 rings (SSSR count). The van der Waals surface area contributed by atoms with Gasteiger partial charge in [-0.2, -0.15) is 0 Å². The summed E-state index contributed by atoms with van der Waals surface area (Å²) in [6.45, 7) is 4.05. The summed E-state index contributed by atoms with van der Waals surface area (Å²) in [5.74, 6) is -2.24. The van der Waals surface area contributed by atoms with Crippen LogP contribution in [0.2, 0.25) is 0 Å². The highest BCUT2D eigenvalue weighted by atomic mass is 32.2. The zero-order valence-electron chi connectivity index (χ0n) is 28.4. The highest BCUT2D eigenvalue weighted by molar-refractivity contribution is 7.93. The fourth-order valence-electron chi connectivity index (χ4n) is 4.14. The molecule has 21 heteroatoms. The molecule has 1 aromatic heterocycles. The van der Waals surface area contributed by atoms with E-state index in [0.717, 1.165) is 54.3 Å². The Bertz CT molecular complexity index is 1970. The molecular weight excluding hydrogens is 762 g/mol. The van der Waals surface area contributed by atoms with Gasteiger partial charge in [0, 0.05) is 24.6 Å². The minimum atomic E-state index is -4.87. The molecule has 288 valence electrons. The van der Waals surface area contributed by atoms with E-state index in [4.69, 9.17) is 9.47 Å². The van der Waals surface area contributed by atoms with Gasteiger partial charge in [-0.25, -0.2) is 13.2 Å². The zero-order valence-corrected chi connectivity index (χ0v) is 30.1. The number of esters is 1. The monoisotopic (exact) mass is 794 g/mol. The van der Waals surface area contributed by atoms with Crippen LogP contribution in [0.1, 0.15) is 51.1 Å². The highest BCUT2D eigenvalue weighted by Gasteiger charge is 2.32. The second-order valence-electron chi connectivity index (χ2n) is 10.7. The lowest BCUT2D eigenvalue weighted by atomic mass is 10.1. The summed E-state index contributed by atoms with van der Waals surface area (Å²) >= 11 is 1.16. The number of carbonyl (C=O) groups excluding carboxylic acids is 2. The molecule has 0 aliphatic rings. The van der Waals surface area contributed by atoms with Crippen molar-refractivity contribution in [1.29, 1.82) is 0 Å². The second-order valence-corrected chi connectivity index (χ2v) is 13.4. The molecule has 4 aromatic rings. The first-order chi connectivity index (χ1) is 24.7. The molecule has 0 radical (unpaired) electrons. The summed E-state index contributed by atoms with van der Waals surface area (Å²) in [6, 6.07) is 12.4. The maximum absolute atomic E-state index is 12.6. The molecule has 1 amide bonds. The van der Waals surface area contributed by atoms with Gasteiger partial charge in [0.2, 0.25) is 5.13 Å². The molecule has 0 fully saturated rings. The number of ether oxygens (including phenoxy) is 5. The van der Waals surface area contributed by atoms with Crippen LogP contribution in [0.15, 0.2) is 65.6 Å². The third-order valence-corrected chi connectivity index (χ3v) is 9.18. The number of benzene rings is 3. The van der Waals surface area contributed by atoms with Crippen LogP contribution in [-0.2, 0) is 21.2 Å². The number of halogens is 6. The molecule has 0 spiro atoms. The maximum Gasteiger partial charge on any atom is 0.573 e. The number of carbonyl (C=O) groups is 2. The Morgan fingerprint density at radius 3 is 1.79 bits per heavy atom. The summed E-state index contributed by atoms with van der Waals surface area (Å²) in [5, 5.41) is 11.4. The third kappa shape index (κ3) is 13.0. The number of hydrogen-bond donors (Lipinski definition) is 2. The van der Waals surface area contributed by atoms with Crippen molar-refractivity contribution in [2.75, 3.05) is 32.6 Å². The van der Waals surface area contributed by atoms with Gasteiger partial charge in [-0.05, 0) is 48.4 Å². The van der Waals surface area contributed by atoms with E-state index in [1.807, 2.05) is 13.8 Å². The quantitative estimate of drug-likeness (QED) is 0.109. The van der Waals surface area contributed by atoms with Gasteiger partial charge in [0.25, 0.3) is 15.9 Å². The van der Waals surface area contributed by atoms with E-state index in [9.17, 15) is 44.3 Å². The summed E-state index contributed by atoms with van der Waals surface area (Å²) < 4.78 is 122. The van der Waals surface area contributed by atoms with Crippen LogP contribution in [0.5, 0.6) is 23.0 Å². The first-order valence-corrected chi connectivity index (χ1v) is 17.2. The predicted molar refractivity (Wildman–Crippen MR) is 178 cm³/mol. The van der Waals surface area contributed by atoms with Crippen molar-refractivity contribution in [3.05, 3.63) is 82.4 Å². The van der Waals surface area contributed by atoms with Crippen molar-refractivity contribution in [1.82, 2.24) is 15.5 Å². The van der Waals surface area contributed by atoms with Crippen LogP contribution in [0.3, 0.4) is 0 Å². The molecule has 0 aliphatic carbocycles. The van der Waals surface area contributed by atoms with Crippen LogP contribution in [0.4, 0.5) is 31.5 Å². The largest absolute Gasteiger partial charge is 0.573 e. The Balaban J connectivity index is 0.000000372. The number of aromatic nitrogens is 2. The molecule has 53 heavy (non-hydrogen) atoms. The molecule has 13 nitrogen and oxygen atoms in total. The first-order valence-electron chi connectivity index (χ1n) is 14.9. The van der Waals surface area contributed by atoms with E-state index in [2.05, 4.69) is 34.4 Å². The lowest BCUT2D eigenvalue weighted by molar-refractivity contribution is -0.275. The van der Waals surface area contributed by atoms with Gasteiger partial charge in [0.1, 0.15) is 33.6 Å². The Kier molecular flexibility index (Phi) is 14.3. The number of amides is 1. The summed E-state index contributed by atoms with van der Waals surface area (Å²) in [5.41, 5.74) is 0.814. The number of methoxy groups -OCH3 is 3. The molecule has 0 atom stereocenters. The topological polar surface area (TPSA) is 164 Å². The SMILES string of the molecule is COC(=O)c1ccc(OC(F)(F)F)cc1OC.COc1cc(OC(F)(F)F)ccc1C(=O)NCCc1ccc(S(=O)(=O)Nc2nnc(C(C)C)s2)cc1. The number of hydrogen-bond acceptors (Lipinski definition) is 12. The molecule has 3 aromatic carbocycles. The van der Waals surface area contributed by atoms with E-state index in [0.29, 0.717) is 11.4 Å². The predicted octanol–water partition coefficient (Wildman–Crippen LogP) is 6.72. The summed E-state index contributed by atoms with van der Waals surface area (Å²) in [6.07, 6.45) is -9.28. The second kappa shape index (κ2) is 17.9. The Hall–Kier alpha value is -5.31. The van der Waals surface area contributed by atoms with Crippen molar-refractivity contribution in [2.45, 2.75) is 43.8 Å². The summed E-state index contributed by atoms with van der Waals surface area (Å²) in [7, 11) is -0.241. The molecule has 2 N–H and O–H groups in total. The van der Waals surface area contributed by atoms with Crippen LogP contribution >= 0.6 is 11.3 Å². The third-order valence-electron chi connectivity index (χ3n) is 6.55. The number of nitrogens with zero attached hydrogens (tertiary/aromatic N) is 2. The fraction of sp³-hybridized carbons (Fsp3) is 0.312. The van der Waals surface area contributed by atoms with Crippen molar-refractivity contribution >= 4 is 38.4 Å². The minimum Gasteiger partial charge on any atom is -0.496 e. The van der Waals surface area contributed by atoms with Gasteiger partial charge in [0.15, 0.2) is 0 Å². The maximum atomic E-state index is 12.6. The van der Waals surface area contributed by atoms with Gasteiger partial charge in [0.05, 0.1) is 31.8 Å². The van der Waals surface area contributed by atoms with Crippen molar-refractivity contribution in [2.24, 2.45) is 0 Å². The Morgan fingerprint density at radius 1 is 0.792 bits per heavy atom. The van der Waals surface area contributed by atoms with E-state index in [-0.39, 0.29) is 45.1 Å². The number of rotatable bonds is 13. The van der Waals surface area contributed by atoms with E-state index >= 15 is 0 Å². The van der Waals surface area contributed by atoms with Gasteiger partial charge in [-0.1, -0.05) is 37.3 Å². The highest BCUT2D eigenvalue weighted by Crippen LogP contribution is 2.31. The number of alkyl halides is 6. The molecule has 0 saturated heterocycles. The van der Waals surface area contributed by atoms with Crippen LogP contribution < -0.4 is 29.0 Å². The van der Waals surface area contributed by atoms with E-state index in [1.165, 1.54) is 32.4 Å².